The molecule has 3 heterocycles. The van der Waals surface area contributed by atoms with E-state index in [1.807, 2.05) is 53.9 Å². The zero-order valence-corrected chi connectivity index (χ0v) is 19.5. The van der Waals surface area contributed by atoms with E-state index in [1.165, 1.54) is 11.3 Å². The normalized spacial score (nSPS) is 12.3. The van der Waals surface area contributed by atoms with Crippen LogP contribution in [0.2, 0.25) is 5.02 Å². The van der Waals surface area contributed by atoms with Crippen LogP contribution in [-0.4, -0.2) is 9.19 Å². The van der Waals surface area contributed by atoms with E-state index in [1.54, 1.807) is 11.3 Å². The Balaban J connectivity index is 1.65. The number of nitrogens with zero attached hydrogens (tertiary/aromatic N) is 1. The maximum absolute atomic E-state index is 13.2. The van der Waals surface area contributed by atoms with Gasteiger partial charge >= 0.3 is 0 Å². The number of pyridine rings is 1. The quantitative estimate of drug-likeness (QED) is 0.288. The van der Waals surface area contributed by atoms with Gasteiger partial charge in [0.05, 0.1) is 32.8 Å². The van der Waals surface area contributed by atoms with Crippen molar-refractivity contribution in [3.05, 3.63) is 88.8 Å². The van der Waals surface area contributed by atoms with E-state index in [4.69, 9.17) is 22.3 Å². The Morgan fingerprint density at radius 2 is 1.77 bits per heavy atom. The predicted octanol–water partition coefficient (Wildman–Crippen LogP) is 7.24. The zero-order valence-electron chi connectivity index (χ0n) is 16.2. The fourth-order valence-electron chi connectivity index (χ4n) is 3.46. The highest BCUT2D eigenvalue weighted by Gasteiger charge is 2.21. The molecule has 1 unspecified atom stereocenters. The lowest BCUT2D eigenvalue weighted by Crippen LogP contribution is -1.98. The maximum Gasteiger partial charge on any atom is 0.127 e. The SMILES string of the molecule is Nc1c(S(=O)Cc2ccc(Cl)cc2)sc2nc(-c3cccs3)cc(-c3ccccc3)c12. The van der Waals surface area contributed by atoms with Gasteiger partial charge in [0, 0.05) is 10.4 Å². The maximum atomic E-state index is 13.2. The first-order valence-electron chi connectivity index (χ1n) is 9.55. The van der Waals surface area contributed by atoms with E-state index < -0.39 is 10.8 Å². The average Bonchev–Trinajstić information content (AvgIpc) is 3.44. The van der Waals surface area contributed by atoms with Crippen molar-refractivity contribution in [2.75, 3.05) is 5.73 Å². The molecule has 3 aromatic heterocycles. The van der Waals surface area contributed by atoms with Gasteiger partial charge in [-0.1, -0.05) is 60.1 Å². The molecule has 2 N–H and O–H groups in total. The molecule has 154 valence electrons. The van der Waals surface area contributed by atoms with Crippen molar-refractivity contribution in [3.63, 3.8) is 0 Å². The molecular weight excluding hydrogens is 464 g/mol. The minimum Gasteiger partial charge on any atom is -0.396 e. The number of halogens is 1. The van der Waals surface area contributed by atoms with Crippen molar-refractivity contribution in [1.82, 2.24) is 4.98 Å². The molecule has 1 atom stereocenters. The van der Waals surface area contributed by atoms with E-state index in [0.29, 0.717) is 20.7 Å². The van der Waals surface area contributed by atoms with Gasteiger partial charge in [0.1, 0.15) is 9.04 Å². The molecule has 5 rings (SSSR count). The van der Waals surface area contributed by atoms with Crippen LogP contribution >= 0.6 is 34.3 Å². The largest absolute Gasteiger partial charge is 0.396 e. The molecule has 0 spiro atoms. The molecule has 0 amide bonds. The number of benzene rings is 2. The van der Waals surface area contributed by atoms with Crippen LogP contribution in [0, 0.1) is 0 Å². The summed E-state index contributed by atoms with van der Waals surface area (Å²) in [6.45, 7) is 0. The van der Waals surface area contributed by atoms with Gasteiger partial charge in [-0.2, -0.15) is 0 Å². The van der Waals surface area contributed by atoms with Gasteiger partial charge in [-0.3, -0.25) is 4.21 Å². The van der Waals surface area contributed by atoms with Crippen molar-refractivity contribution >= 4 is 61.0 Å². The summed E-state index contributed by atoms with van der Waals surface area (Å²) in [5.41, 5.74) is 11.1. The number of hydrogen-bond donors (Lipinski definition) is 1. The lowest BCUT2D eigenvalue weighted by molar-refractivity contribution is 0.684. The van der Waals surface area contributed by atoms with Crippen molar-refractivity contribution in [2.45, 2.75) is 9.96 Å². The second-order valence-corrected chi connectivity index (χ2v) is 11.0. The average molecular weight is 481 g/mol. The second kappa shape index (κ2) is 8.55. The van der Waals surface area contributed by atoms with Crippen molar-refractivity contribution < 1.29 is 4.21 Å². The van der Waals surface area contributed by atoms with Crippen LogP contribution in [0.15, 0.2) is 82.4 Å². The van der Waals surface area contributed by atoms with Gasteiger partial charge in [-0.05, 0) is 46.3 Å². The Labute approximate surface area is 195 Å². The molecular formula is C24H17ClN2OS3. The molecule has 0 aliphatic carbocycles. The summed E-state index contributed by atoms with van der Waals surface area (Å²) in [6.07, 6.45) is 0. The van der Waals surface area contributed by atoms with Gasteiger partial charge in [-0.25, -0.2) is 4.98 Å². The summed E-state index contributed by atoms with van der Waals surface area (Å²) >= 11 is 9.04. The smallest absolute Gasteiger partial charge is 0.127 e. The Bertz CT molecular complexity index is 1380. The second-order valence-electron chi connectivity index (χ2n) is 7.00. The van der Waals surface area contributed by atoms with E-state index in [-0.39, 0.29) is 0 Å². The lowest BCUT2D eigenvalue weighted by Gasteiger charge is -2.08. The zero-order chi connectivity index (χ0) is 21.4. The molecule has 0 saturated heterocycles. The molecule has 31 heavy (non-hydrogen) atoms. The monoisotopic (exact) mass is 480 g/mol. The molecule has 0 radical (unpaired) electrons. The predicted molar refractivity (Wildman–Crippen MR) is 134 cm³/mol. The number of nitrogens with two attached hydrogens (primary N) is 1. The van der Waals surface area contributed by atoms with E-state index in [2.05, 4.69) is 24.3 Å². The Kier molecular flexibility index (Phi) is 5.63. The Morgan fingerprint density at radius 3 is 2.48 bits per heavy atom. The van der Waals surface area contributed by atoms with Gasteiger partial charge in [0.15, 0.2) is 0 Å². The fraction of sp³-hybridized carbons (Fsp3) is 0.0417. The van der Waals surface area contributed by atoms with Crippen LogP contribution in [0.5, 0.6) is 0 Å². The molecule has 5 aromatic rings. The lowest BCUT2D eigenvalue weighted by atomic mass is 10.0. The summed E-state index contributed by atoms with van der Waals surface area (Å²) < 4.78 is 13.9. The van der Waals surface area contributed by atoms with Crippen LogP contribution in [0.3, 0.4) is 0 Å². The number of aromatic nitrogens is 1. The van der Waals surface area contributed by atoms with Gasteiger partial charge < -0.3 is 5.73 Å². The first-order chi connectivity index (χ1) is 15.1. The molecule has 0 saturated carbocycles. The first-order valence-corrected chi connectivity index (χ1v) is 12.9. The van der Waals surface area contributed by atoms with Crippen LogP contribution in [-0.2, 0) is 16.6 Å². The standard InChI is InChI=1S/C24H17ClN2OS3/c25-17-10-8-15(9-11-17)14-31(28)24-22(26)21-18(16-5-2-1-3-6-16)13-19(27-23(21)30-24)20-7-4-12-29-20/h1-13H,14,26H2. The summed E-state index contributed by atoms with van der Waals surface area (Å²) in [7, 11) is -1.28. The summed E-state index contributed by atoms with van der Waals surface area (Å²) in [4.78, 5) is 6.78. The van der Waals surface area contributed by atoms with Gasteiger partial charge in [0.2, 0.25) is 0 Å². The van der Waals surface area contributed by atoms with Crippen molar-refractivity contribution in [2.24, 2.45) is 0 Å². The van der Waals surface area contributed by atoms with Crippen molar-refractivity contribution in [3.8, 4) is 21.7 Å². The molecule has 0 aliphatic heterocycles. The highest BCUT2D eigenvalue weighted by atomic mass is 35.5. The van der Waals surface area contributed by atoms with Gasteiger partial charge in [0.25, 0.3) is 0 Å². The number of hydrogen-bond acceptors (Lipinski definition) is 5. The number of thiophene rings is 2. The summed E-state index contributed by atoms with van der Waals surface area (Å²) in [5.74, 6) is 0.382. The third-order valence-electron chi connectivity index (χ3n) is 4.94. The highest BCUT2D eigenvalue weighted by molar-refractivity contribution is 7.87. The highest BCUT2D eigenvalue weighted by Crippen LogP contribution is 2.43. The Hall–Kier alpha value is -2.51. The first kappa shape index (κ1) is 20.4. The number of anilines is 1. The van der Waals surface area contributed by atoms with E-state index in [9.17, 15) is 4.21 Å². The molecule has 7 heteroatoms. The molecule has 0 aliphatic rings. The third kappa shape index (κ3) is 4.04. The Morgan fingerprint density at radius 1 is 1.00 bits per heavy atom. The minimum absolute atomic E-state index is 0.382. The number of rotatable bonds is 5. The third-order valence-corrected chi connectivity index (χ3v) is 9.02. The topological polar surface area (TPSA) is 56.0 Å². The van der Waals surface area contributed by atoms with E-state index >= 15 is 0 Å². The summed E-state index contributed by atoms with van der Waals surface area (Å²) in [5, 5.41) is 3.57. The van der Waals surface area contributed by atoms with Crippen LogP contribution in [0.4, 0.5) is 5.69 Å². The molecule has 3 nitrogen and oxygen atoms in total. The van der Waals surface area contributed by atoms with E-state index in [0.717, 1.165) is 37.5 Å². The molecule has 0 fully saturated rings. The molecule has 2 aromatic carbocycles. The molecule has 0 bridgehead atoms. The van der Waals surface area contributed by atoms with Gasteiger partial charge in [-0.15, -0.1) is 22.7 Å². The fourth-order valence-corrected chi connectivity index (χ4v) is 6.89. The van der Waals surface area contributed by atoms with Crippen LogP contribution in [0.1, 0.15) is 5.56 Å². The van der Waals surface area contributed by atoms with Crippen LogP contribution in [0.25, 0.3) is 31.9 Å². The van der Waals surface area contributed by atoms with Crippen LogP contribution < -0.4 is 5.73 Å². The summed E-state index contributed by atoms with van der Waals surface area (Å²) in [6, 6.07) is 23.7. The van der Waals surface area contributed by atoms with Crippen molar-refractivity contribution in [1.29, 1.82) is 0 Å². The number of fused-ring (bicyclic) bond motifs is 1. The number of nitrogen functional groups attached to an aromatic ring is 1. The minimum atomic E-state index is -1.28.